The van der Waals surface area contributed by atoms with Gasteiger partial charge in [0.1, 0.15) is 11.4 Å². The van der Waals surface area contributed by atoms with E-state index in [1.54, 1.807) is 0 Å². The number of methoxy groups -OCH3 is 1. The Morgan fingerprint density at radius 3 is 2.67 bits per heavy atom. The van der Waals surface area contributed by atoms with Gasteiger partial charge in [0.2, 0.25) is 0 Å². The van der Waals surface area contributed by atoms with Gasteiger partial charge in [-0.15, -0.1) is 0 Å². The molecule has 0 aliphatic heterocycles. The Hall–Kier alpha value is -2.37. The number of H-pyrrole nitrogens is 1. The molecule has 128 valence electrons. The van der Waals surface area contributed by atoms with Crippen molar-refractivity contribution in [1.29, 1.82) is 0 Å². The molecule has 1 aromatic heterocycles. The SMILES string of the molecule is COC(=O)c1c(NC2CCC(C)CC2)c2cc(F)ccc2[nH]c1=O. The van der Waals surface area contributed by atoms with Crippen molar-refractivity contribution in [3.05, 3.63) is 39.9 Å². The van der Waals surface area contributed by atoms with E-state index >= 15 is 0 Å². The van der Waals surface area contributed by atoms with Crippen molar-refractivity contribution in [2.75, 3.05) is 12.4 Å². The lowest BCUT2D eigenvalue weighted by molar-refractivity contribution is 0.0600. The van der Waals surface area contributed by atoms with Crippen LogP contribution in [0.25, 0.3) is 10.9 Å². The van der Waals surface area contributed by atoms with Crippen molar-refractivity contribution in [2.45, 2.75) is 38.6 Å². The standard InChI is InChI=1S/C18H21FN2O3/c1-10-3-6-12(7-4-10)20-16-13-9-11(19)5-8-14(13)21-17(22)15(16)18(23)24-2/h5,8-10,12H,3-4,6-7H2,1-2H3,(H2,20,21,22). The van der Waals surface area contributed by atoms with Crippen molar-refractivity contribution < 1.29 is 13.9 Å². The molecule has 2 aromatic rings. The van der Waals surface area contributed by atoms with E-state index in [2.05, 4.69) is 17.2 Å². The predicted octanol–water partition coefficient (Wildman–Crippen LogP) is 3.44. The van der Waals surface area contributed by atoms with E-state index in [1.807, 2.05) is 0 Å². The summed E-state index contributed by atoms with van der Waals surface area (Å²) < 4.78 is 18.5. The summed E-state index contributed by atoms with van der Waals surface area (Å²) in [7, 11) is 1.23. The molecule has 1 aliphatic carbocycles. The van der Waals surface area contributed by atoms with Gasteiger partial charge in [0.15, 0.2) is 0 Å². The van der Waals surface area contributed by atoms with Gasteiger partial charge in [-0.25, -0.2) is 9.18 Å². The first-order valence-corrected chi connectivity index (χ1v) is 8.20. The number of aromatic amines is 1. The summed E-state index contributed by atoms with van der Waals surface area (Å²) in [4.78, 5) is 27.1. The summed E-state index contributed by atoms with van der Waals surface area (Å²) in [5.41, 5.74) is 0.210. The quantitative estimate of drug-likeness (QED) is 0.845. The van der Waals surface area contributed by atoms with Crippen molar-refractivity contribution in [3.8, 4) is 0 Å². The van der Waals surface area contributed by atoms with Crippen molar-refractivity contribution in [3.63, 3.8) is 0 Å². The molecule has 0 saturated heterocycles. The minimum absolute atomic E-state index is 0.103. The molecule has 1 aliphatic rings. The summed E-state index contributed by atoms with van der Waals surface area (Å²) >= 11 is 0. The van der Waals surface area contributed by atoms with Crippen LogP contribution in [0.1, 0.15) is 43.0 Å². The van der Waals surface area contributed by atoms with Gasteiger partial charge in [0.05, 0.1) is 18.3 Å². The lowest BCUT2D eigenvalue weighted by atomic mass is 9.87. The van der Waals surface area contributed by atoms with Crippen molar-refractivity contribution in [1.82, 2.24) is 4.98 Å². The molecule has 0 unspecified atom stereocenters. The molecule has 1 saturated carbocycles. The number of fused-ring (bicyclic) bond motifs is 1. The molecule has 1 fully saturated rings. The van der Waals surface area contributed by atoms with Crippen LogP contribution in [-0.4, -0.2) is 24.1 Å². The van der Waals surface area contributed by atoms with E-state index in [0.717, 1.165) is 25.7 Å². The fraction of sp³-hybridized carbons (Fsp3) is 0.444. The van der Waals surface area contributed by atoms with E-state index in [-0.39, 0.29) is 11.6 Å². The molecule has 1 aromatic carbocycles. The lowest BCUT2D eigenvalue weighted by Crippen LogP contribution is -2.29. The molecule has 5 nitrogen and oxygen atoms in total. The molecule has 0 atom stereocenters. The maximum absolute atomic E-state index is 13.7. The number of halogens is 1. The van der Waals surface area contributed by atoms with Crippen LogP contribution < -0.4 is 10.9 Å². The second kappa shape index (κ2) is 6.63. The van der Waals surface area contributed by atoms with Crippen LogP contribution in [0.5, 0.6) is 0 Å². The minimum atomic E-state index is -0.728. The molecule has 0 spiro atoms. The Bertz CT molecular complexity index is 823. The number of hydrogen-bond donors (Lipinski definition) is 2. The summed E-state index contributed by atoms with van der Waals surface area (Å²) in [5.74, 6) is -0.476. The number of benzene rings is 1. The number of carbonyl (C=O) groups is 1. The monoisotopic (exact) mass is 332 g/mol. The van der Waals surface area contributed by atoms with Gasteiger partial charge >= 0.3 is 5.97 Å². The van der Waals surface area contributed by atoms with Gasteiger partial charge in [-0.05, 0) is 49.8 Å². The Balaban J connectivity index is 2.12. The van der Waals surface area contributed by atoms with Crippen LogP contribution in [-0.2, 0) is 4.74 Å². The highest BCUT2D eigenvalue weighted by Crippen LogP contribution is 2.30. The average Bonchev–Trinajstić information content (AvgIpc) is 2.57. The zero-order valence-corrected chi connectivity index (χ0v) is 13.8. The summed E-state index contributed by atoms with van der Waals surface area (Å²) in [6.07, 6.45) is 4.07. The molecule has 2 N–H and O–H groups in total. The van der Waals surface area contributed by atoms with Crippen LogP contribution in [0.4, 0.5) is 10.1 Å². The van der Waals surface area contributed by atoms with Gasteiger partial charge in [-0.1, -0.05) is 6.92 Å². The molecule has 3 rings (SSSR count). The van der Waals surface area contributed by atoms with Crippen LogP contribution in [0.3, 0.4) is 0 Å². The summed E-state index contributed by atoms with van der Waals surface area (Å²) in [6.45, 7) is 2.22. The van der Waals surface area contributed by atoms with E-state index in [1.165, 1.54) is 25.3 Å². The number of aromatic nitrogens is 1. The van der Waals surface area contributed by atoms with Crippen LogP contribution in [0.2, 0.25) is 0 Å². The first-order chi connectivity index (χ1) is 11.5. The second-order valence-electron chi connectivity index (χ2n) is 6.49. The topological polar surface area (TPSA) is 71.2 Å². The first-order valence-electron chi connectivity index (χ1n) is 8.20. The van der Waals surface area contributed by atoms with E-state index in [0.29, 0.717) is 22.5 Å². The molecule has 0 radical (unpaired) electrons. The third-order valence-corrected chi connectivity index (χ3v) is 4.73. The Morgan fingerprint density at radius 2 is 2.00 bits per heavy atom. The maximum Gasteiger partial charge on any atom is 0.345 e. The minimum Gasteiger partial charge on any atom is -0.465 e. The number of pyridine rings is 1. The van der Waals surface area contributed by atoms with Crippen molar-refractivity contribution in [2.24, 2.45) is 5.92 Å². The number of esters is 1. The van der Waals surface area contributed by atoms with E-state index in [9.17, 15) is 14.0 Å². The molecule has 0 bridgehead atoms. The highest BCUT2D eigenvalue weighted by Gasteiger charge is 2.24. The van der Waals surface area contributed by atoms with E-state index in [4.69, 9.17) is 4.74 Å². The van der Waals surface area contributed by atoms with Crippen molar-refractivity contribution >= 4 is 22.6 Å². The number of nitrogens with one attached hydrogen (secondary N) is 2. The van der Waals surface area contributed by atoms with Crippen LogP contribution >= 0.6 is 0 Å². The van der Waals surface area contributed by atoms with Gasteiger partial charge in [0.25, 0.3) is 5.56 Å². The smallest absolute Gasteiger partial charge is 0.345 e. The highest BCUT2D eigenvalue weighted by atomic mass is 19.1. The number of carbonyl (C=O) groups excluding carboxylic acids is 1. The lowest BCUT2D eigenvalue weighted by Gasteiger charge is -2.28. The molecule has 1 heterocycles. The van der Waals surface area contributed by atoms with Crippen LogP contribution in [0, 0.1) is 11.7 Å². The molecule has 0 amide bonds. The van der Waals surface area contributed by atoms with Crippen LogP contribution in [0.15, 0.2) is 23.0 Å². The Morgan fingerprint density at radius 1 is 1.29 bits per heavy atom. The summed E-state index contributed by atoms with van der Waals surface area (Å²) in [5, 5.41) is 3.79. The predicted molar refractivity (Wildman–Crippen MR) is 90.9 cm³/mol. The average molecular weight is 332 g/mol. The maximum atomic E-state index is 13.7. The summed E-state index contributed by atoms with van der Waals surface area (Å²) in [6, 6.07) is 4.26. The van der Waals surface area contributed by atoms with Gasteiger partial charge in [0, 0.05) is 11.4 Å². The fourth-order valence-corrected chi connectivity index (χ4v) is 3.32. The number of ether oxygens (including phenoxy) is 1. The molecule has 24 heavy (non-hydrogen) atoms. The number of anilines is 1. The molecular weight excluding hydrogens is 311 g/mol. The third-order valence-electron chi connectivity index (χ3n) is 4.73. The first kappa shape index (κ1) is 16.5. The van der Waals surface area contributed by atoms with E-state index < -0.39 is 17.3 Å². The van der Waals surface area contributed by atoms with Gasteiger partial charge in [-0.3, -0.25) is 4.79 Å². The zero-order valence-electron chi connectivity index (χ0n) is 13.8. The highest BCUT2D eigenvalue weighted by molar-refractivity contribution is 6.04. The number of rotatable bonds is 3. The third kappa shape index (κ3) is 3.13. The molecular formula is C18H21FN2O3. The number of hydrogen-bond acceptors (Lipinski definition) is 4. The zero-order chi connectivity index (χ0) is 17.3. The molecule has 6 heteroatoms. The van der Waals surface area contributed by atoms with Gasteiger partial charge in [-0.2, -0.15) is 0 Å². The largest absolute Gasteiger partial charge is 0.465 e. The fourth-order valence-electron chi connectivity index (χ4n) is 3.32. The Kier molecular flexibility index (Phi) is 4.55. The second-order valence-corrected chi connectivity index (χ2v) is 6.49. The normalized spacial score (nSPS) is 20.8. The van der Waals surface area contributed by atoms with Gasteiger partial charge < -0.3 is 15.0 Å². The Labute approximate surface area is 139 Å².